The molecule has 134 valence electrons. The molecule has 1 aromatic carbocycles. The van der Waals surface area contributed by atoms with Crippen molar-refractivity contribution in [1.82, 2.24) is 4.90 Å². The summed E-state index contributed by atoms with van der Waals surface area (Å²) >= 11 is 0. The monoisotopic (exact) mass is 355 g/mol. The van der Waals surface area contributed by atoms with Gasteiger partial charge in [-0.3, -0.25) is 19.2 Å². The maximum Gasteiger partial charge on any atom is 0.313 e. The third-order valence-corrected chi connectivity index (χ3v) is 3.98. The summed E-state index contributed by atoms with van der Waals surface area (Å²) in [6.07, 6.45) is -0.519. The molecule has 1 aromatic heterocycles. The Morgan fingerprint density at radius 1 is 1.04 bits per heavy atom. The standard InChI is InChI=1S/C19H17NO6/c1-20(2)7-8-25-16(22)10-14(21)15-9-13-17(23)11-5-3-4-6-12(11)18(24)19(13)26-15/h3-6,9H,7-8,10H2,1-2H3. The highest BCUT2D eigenvalue weighted by Gasteiger charge is 2.34. The van der Waals surface area contributed by atoms with Crippen LogP contribution in [0.15, 0.2) is 34.7 Å². The number of ether oxygens (including phenoxy) is 1. The number of furan rings is 1. The lowest BCUT2D eigenvalue weighted by molar-refractivity contribution is -0.142. The molecule has 2 aromatic rings. The van der Waals surface area contributed by atoms with Gasteiger partial charge < -0.3 is 14.1 Å². The topological polar surface area (TPSA) is 93.9 Å². The molecule has 0 saturated carbocycles. The average Bonchev–Trinajstić information content (AvgIpc) is 3.05. The Morgan fingerprint density at radius 2 is 1.69 bits per heavy atom. The Kier molecular flexibility index (Phi) is 4.81. The second-order valence-corrected chi connectivity index (χ2v) is 6.18. The van der Waals surface area contributed by atoms with E-state index in [2.05, 4.69) is 0 Å². The van der Waals surface area contributed by atoms with Crippen molar-refractivity contribution in [2.75, 3.05) is 27.2 Å². The molecule has 7 heteroatoms. The van der Waals surface area contributed by atoms with E-state index in [0.29, 0.717) is 6.54 Å². The number of ketones is 3. The lowest BCUT2D eigenvalue weighted by Crippen LogP contribution is -2.21. The summed E-state index contributed by atoms with van der Waals surface area (Å²) in [5.74, 6) is -2.53. The number of hydrogen-bond acceptors (Lipinski definition) is 7. The molecule has 0 atom stereocenters. The molecule has 26 heavy (non-hydrogen) atoms. The predicted octanol–water partition coefficient (Wildman–Crippen LogP) is 1.73. The largest absolute Gasteiger partial charge is 0.464 e. The number of likely N-dealkylation sites (N-methyl/N-ethyl adjacent to an activating group) is 1. The highest BCUT2D eigenvalue weighted by atomic mass is 16.5. The van der Waals surface area contributed by atoms with E-state index < -0.39 is 24.0 Å². The van der Waals surface area contributed by atoms with Crippen LogP contribution in [-0.4, -0.2) is 55.5 Å². The SMILES string of the molecule is CN(C)CCOC(=O)CC(=O)c1cc2c(o1)C(=O)c1ccccc1C2=O. The van der Waals surface area contributed by atoms with E-state index in [1.54, 1.807) is 18.2 Å². The number of carbonyl (C=O) groups excluding carboxylic acids is 4. The zero-order valence-electron chi connectivity index (χ0n) is 14.4. The van der Waals surface area contributed by atoms with Crippen LogP contribution in [0.5, 0.6) is 0 Å². The summed E-state index contributed by atoms with van der Waals surface area (Å²) in [6, 6.07) is 7.61. The summed E-state index contributed by atoms with van der Waals surface area (Å²) in [5, 5.41) is 0. The van der Waals surface area contributed by atoms with Crippen molar-refractivity contribution in [3.05, 3.63) is 58.5 Å². The molecule has 1 heterocycles. The third-order valence-electron chi connectivity index (χ3n) is 3.98. The van der Waals surface area contributed by atoms with Gasteiger partial charge in [-0.15, -0.1) is 0 Å². The van der Waals surface area contributed by atoms with Gasteiger partial charge in [0.25, 0.3) is 0 Å². The van der Waals surface area contributed by atoms with Gasteiger partial charge in [0.1, 0.15) is 13.0 Å². The van der Waals surface area contributed by atoms with Gasteiger partial charge in [-0.05, 0) is 20.2 Å². The number of benzene rings is 1. The number of fused-ring (bicyclic) bond motifs is 2. The number of Topliss-reactive ketones (excluding diaryl/α,β-unsaturated/α-hetero) is 1. The minimum atomic E-state index is -0.688. The first-order valence-electron chi connectivity index (χ1n) is 8.04. The van der Waals surface area contributed by atoms with Crippen LogP contribution in [0.3, 0.4) is 0 Å². The van der Waals surface area contributed by atoms with Crippen LogP contribution in [0.25, 0.3) is 0 Å². The van der Waals surface area contributed by atoms with E-state index >= 15 is 0 Å². The van der Waals surface area contributed by atoms with Gasteiger partial charge in [0.05, 0.1) is 5.56 Å². The van der Waals surface area contributed by atoms with E-state index in [1.165, 1.54) is 12.1 Å². The molecule has 0 fully saturated rings. The number of esters is 1. The maximum absolute atomic E-state index is 12.5. The van der Waals surface area contributed by atoms with Crippen LogP contribution in [0.1, 0.15) is 49.0 Å². The Hall–Kier alpha value is -3.06. The lowest BCUT2D eigenvalue weighted by atomic mass is 9.88. The Balaban J connectivity index is 1.76. The smallest absolute Gasteiger partial charge is 0.313 e. The van der Waals surface area contributed by atoms with Crippen molar-refractivity contribution in [3.63, 3.8) is 0 Å². The van der Waals surface area contributed by atoms with Crippen molar-refractivity contribution >= 4 is 23.3 Å². The maximum atomic E-state index is 12.5. The van der Waals surface area contributed by atoms with Crippen molar-refractivity contribution in [1.29, 1.82) is 0 Å². The number of hydrogen-bond donors (Lipinski definition) is 0. The molecular weight excluding hydrogens is 338 g/mol. The highest BCUT2D eigenvalue weighted by molar-refractivity contribution is 6.28. The first kappa shape index (κ1) is 17.8. The van der Waals surface area contributed by atoms with Crippen LogP contribution in [0.2, 0.25) is 0 Å². The van der Waals surface area contributed by atoms with Gasteiger partial charge in [-0.2, -0.15) is 0 Å². The molecule has 1 aliphatic rings. The summed E-state index contributed by atoms with van der Waals surface area (Å²) in [6.45, 7) is 0.705. The van der Waals surface area contributed by atoms with Gasteiger partial charge in [0.2, 0.25) is 11.6 Å². The van der Waals surface area contributed by atoms with E-state index in [-0.39, 0.29) is 40.6 Å². The molecule has 0 spiro atoms. The molecule has 0 aliphatic heterocycles. The molecule has 0 amide bonds. The van der Waals surface area contributed by atoms with Crippen molar-refractivity contribution in [2.45, 2.75) is 6.42 Å². The third kappa shape index (κ3) is 3.34. The first-order valence-corrected chi connectivity index (χ1v) is 8.04. The van der Waals surface area contributed by atoms with Crippen molar-refractivity contribution in [3.8, 4) is 0 Å². The van der Waals surface area contributed by atoms with Gasteiger partial charge in [0.15, 0.2) is 17.3 Å². The van der Waals surface area contributed by atoms with Gasteiger partial charge >= 0.3 is 5.97 Å². The summed E-state index contributed by atoms with van der Waals surface area (Å²) in [5.41, 5.74) is 0.548. The molecule has 0 radical (unpaired) electrons. The highest BCUT2D eigenvalue weighted by Crippen LogP contribution is 2.29. The van der Waals surface area contributed by atoms with Gasteiger partial charge in [-0.25, -0.2) is 0 Å². The second-order valence-electron chi connectivity index (χ2n) is 6.18. The summed E-state index contributed by atoms with van der Waals surface area (Å²) in [4.78, 5) is 50.7. The van der Waals surface area contributed by atoms with Crippen molar-refractivity contribution in [2.24, 2.45) is 0 Å². The Bertz CT molecular complexity index is 856. The van der Waals surface area contributed by atoms with Crippen LogP contribution in [-0.2, 0) is 9.53 Å². The fourth-order valence-electron chi connectivity index (χ4n) is 2.62. The van der Waals surface area contributed by atoms with Gasteiger partial charge in [0, 0.05) is 17.7 Å². The van der Waals surface area contributed by atoms with Gasteiger partial charge in [-0.1, -0.05) is 24.3 Å². The van der Waals surface area contributed by atoms with Crippen LogP contribution in [0.4, 0.5) is 0 Å². The van der Waals surface area contributed by atoms with E-state index in [9.17, 15) is 19.2 Å². The summed E-state index contributed by atoms with van der Waals surface area (Å²) in [7, 11) is 3.66. The van der Waals surface area contributed by atoms with Crippen LogP contribution < -0.4 is 0 Å². The molecule has 3 rings (SSSR count). The van der Waals surface area contributed by atoms with E-state index in [1.807, 2.05) is 19.0 Å². The van der Waals surface area contributed by atoms with Crippen LogP contribution in [0, 0.1) is 0 Å². The molecule has 7 nitrogen and oxygen atoms in total. The molecule has 0 saturated heterocycles. The minimum absolute atomic E-state index is 0.0398. The fraction of sp³-hybridized carbons (Fsp3) is 0.263. The molecular formula is C19H17NO6. The van der Waals surface area contributed by atoms with Crippen LogP contribution >= 0.6 is 0 Å². The zero-order valence-corrected chi connectivity index (χ0v) is 14.4. The summed E-state index contributed by atoms with van der Waals surface area (Å²) < 4.78 is 10.3. The second kappa shape index (κ2) is 7.05. The Labute approximate surface area is 149 Å². The van der Waals surface area contributed by atoms with E-state index in [0.717, 1.165) is 0 Å². The molecule has 0 bridgehead atoms. The minimum Gasteiger partial charge on any atom is -0.464 e. The fourth-order valence-corrected chi connectivity index (χ4v) is 2.62. The lowest BCUT2D eigenvalue weighted by Gasteiger charge is -2.11. The average molecular weight is 355 g/mol. The number of rotatable bonds is 6. The quantitative estimate of drug-likeness (QED) is 0.378. The Morgan fingerprint density at radius 3 is 2.35 bits per heavy atom. The first-order chi connectivity index (χ1) is 12.4. The number of nitrogens with zero attached hydrogens (tertiary/aromatic N) is 1. The van der Waals surface area contributed by atoms with E-state index in [4.69, 9.17) is 9.15 Å². The molecule has 0 N–H and O–H groups in total. The number of carbonyl (C=O) groups is 4. The predicted molar refractivity (Wildman–Crippen MR) is 90.5 cm³/mol. The zero-order chi connectivity index (χ0) is 18.8. The normalized spacial score (nSPS) is 12.7. The van der Waals surface area contributed by atoms with Crippen molar-refractivity contribution < 1.29 is 28.3 Å². The molecule has 0 unspecified atom stereocenters. The molecule has 1 aliphatic carbocycles.